The van der Waals surface area contributed by atoms with Crippen LogP contribution in [0, 0.1) is 6.92 Å². The van der Waals surface area contributed by atoms with Crippen LogP contribution in [0.15, 0.2) is 43.0 Å². The maximum absolute atomic E-state index is 4.32. The molecule has 4 nitrogen and oxygen atoms in total. The smallest absolute Gasteiger partial charge is 0.147 e. The number of fused-ring (bicyclic) bond motifs is 1. The number of nitrogens with zero attached hydrogens (tertiary/aromatic N) is 4. The van der Waals surface area contributed by atoms with Crippen LogP contribution >= 0.6 is 0 Å². The fraction of sp³-hybridized carbons (Fsp3) is 0.0833. The van der Waals surface area contributed by atoms with Gasteiger partial charge < -0.3 is 0 Å². The molecule has 0 bridgehead atoms. The van der Waals surface area contributed by atoms with Gasteiger partial charge in [-0.3, -0.25) is 4.98 Å². The Kier molecular flexibility index (Phi) is 1.93. The van der Waals surface area contributed by atoms with E-state index in [1.165, 1.54) is 0 Å². The van der Waals surface area contributed by atoms with Crippen molar-refractivity contribution in [1.29, 1.82) is 0 Å². The highest BCUT2D eigenvalue weighted by Crippen LogP contribution is 2.20. The summed E-state index contributed by atoms with van der Waals surface area (Å²) in [4.78, 5) is 8.24. The van der Waals surface area contributed by atoms with Crippen molar-refractivity contribution in [2.45, 2.75) is 6.92 Å². The molecule has 0 amide bonds. The Balaban J connectivity index is 2.31. The van der Waals surface area contributed by atoms with Crippen LogP contribution in [0.1, 0.15) is 5.82 Å². The van der Waals surface area contributed by atoms with Crippen molar-refractivity contribution in [3.63, 3.8) is 0 Å². The van der Waals surface area contributed by atoms with E-state index in [-0.39, 0.29) is 0 Å². The van der Waals surface area contributed by atoms with E-state index in [1.807, 2.05) is 37.4 Å². The van der Waals surface area contributed by atoms with E-state index in [2.05, 4.69) is 15.1 Å². The Hall–Kier alpha value is -2.23. The lowest BCUT2D eigenvalue weighted by atomic mass is 10.1. The maximum atomic E-state index is 4.32. The third-order valence-electron chi connectivity index (χ3n) is 2.51. The number of aryl methyl sites for hydroxylation is 1. The average Bonchev–Trinajstić information content (AvgIpc) is 2.75. The molecule has 0 fully saturated rings. The second-order valence-corrected chi connectivity index (χ2v) is 3.61. The molecule has 0 saturated heterocycles. The topological polar surface area (TPSA) is 43.6 Å². The number of hydrogen-bond donors (Lipinski definition) is 0. The summed E-state index contributed by atoms with van der Waals surface area (Å²) < 4.78 is 1.79. The molecule has 78 valence electrons. The molecule has 3 rings (SSSR count). The first-order valence-corrected chi connectivity index (χ1v) is 5.06. The largest absolute Gasteiger partial charge is 0.264 e. The molecule has 0 atom stereocenters. The highest BCUT2D eigenvalue weighted by atomic mass is 15.3. The first-order chi connectivity index (χ1) is 7.84. The molecule has 1 aromatic carbocycles. The zero-order valence-corrected chi connectivity index (χ0v) is 8.83. The third-order valence-corrected chi connectivity index (χ3v) is 2.51. The zero-order valence-electron chi connectivity index (χ0n) is 8.83. The van der Waals surface area contributed by atoms with Crippen LogP contribution in [-0.2, 0) is 0 Å². The second-order valence-electron chi connectivity index (χ2n) is 3.61. The number of rotatable bonds is 1. The zero-order chi connectivity index (χ0) is 11.0. The van der Waals surface area contributed by atoms with E-state index in [9.17, 15) is 0 Å². The van der Waals surface area contributed by atoms with Crippen molar-refractivity contribution in [3.05, 3.63) is 48.8 Å². The maximum Gasteiger partial charge on any atom is 0.147 e. The molecule has 0 aliphatic rings. The van der Waals surface area contributed by atoms with Crippen LogP contribution in [0.3, 0.4) is 0 Å². The monoisotopic (exact) mass is 210 g/mol. The van der Waals surface area contributed by atoms with Gasteiger partial charge in [-0.05, 0) is 19.1 Å². The summed E-state index contributed by atoms with van der Waals surface area (Å²) in [5.41, 5.74) is 1.03. The lowest BCUT2D eigenvalue weighted by Crippen LogP contribution is -1.96. The molecule has 0 saturated carbocycles. The second kappa shape index (κ2) is 3.41. The van der Waals surface area contributed by atoms with Gasteiger partial charge in [0.05, 0.1) is 5.69 Å². The molecular weight excluding hydrogens is 200 g/mol. The highest BCUT2D eigenvalue weighted by molar-refractivity contribution is 5.89. The Bertz CT molecular complexity index is 637. The minimum absolute atomic E-state index is 0.769. The van der Waals surface area contributed by atoms with Crippen molar-refractivity contribution >= 4 is 10.8 Å². The van der Waals surface area contributed by atoms with Crippen molar-refractivity contribution in [2.24, 2.45) is 0 Å². The van der Waals surface area contributed by atoms with Gasteiger partial charge in [0, 0.05) is 23.2 Å². The molecular formula is C12H10N4. The van der Waals surface area contributed by atoms with Crippen LogP contribution in [-0.4, -0.2) is 19.7 Å². The van der Waals surface area contributed by atoms with Gasteiger partial charge in [0.15, 0.2) is 0 Å². The van der Waals surface area contributed by atoms with Crippen LogP contribution < -0.4 is 0 Å². The molecule has 2 heterocycles. The van der Waals surface area contributed by atoms with Crippen molar-refractivity contribution in [3.8, 4) is 5.69 Å². The minimum atomic E-state index is 0.769. The molecule has 0 spiro atoms. The summed E-state index contributed by atoms with van der Waals surface area (Å²) >= 11 is 0. The molecule has 0 N–H and O–H groups in total. The van der Waals surface area contributed by atoms with Gasteiger partial charge in [0.2, 0.25) is 0 Å². The van der Waals surface area contributed by atoms with Crippen LogP contribution in [0.4, 0.5) is 0 Å². The number of hydrogen-bond acceptors (Lipinski definition) is 3. The third kappa shape index (κ3) is 1.35. The van der Waals surface area contributed by atoms with Crippen LogP contribution in [0.25, 0.3) is 16.5 Å². The molecule has 16 heavy (non-hydrogen) atoms. The Labute approximate surface area is 92.6 Å². The predicted octanol–water partition coefficient (Wildman–Crippen LogP) is 2.12. The summed E-state index contributed by atoms with van der Waals surface area (Å²) in [6, 6.07) is 8.05. The summed E-state index contributed by atoms with van der Waals surface area (Å²) in [7, 11) is 0. The summed E-state index contributed by atoms with van der Waals surface area (Å²) in [5, 5.41) is 6.55. The quantitative estimate of drug-likeness (QED) is 0.618. The van der Waals surface area contributed by atoms with E-state index in [4.69, 9.17) is 0 Å². The molecule has 2 aromatic heterocycles. The Morgan fingerprint density at radius 1 is 1.19 bits per heavy atom. The lowest BCUT2D eigenvalue weighted by Gasteiger charge is -2.04. The normalized spacial score (nSPS) is 10.8. The van der Waals surface area contributed by atoms with Gasteiger partial charge in [-0.15, -0.1) is 0 Å². The lowest BCUT2D eigenvalue weighted by molar-refractivity contribution is 0.869. The first-order valence-electron chi connectivity index (χ1n) is 5.06. The molecule has 3 aromatic rings. The number of aromatic nitrogens is 4. The van der Waals surface area contributed by atoms with E-state index in [0.29, 0.717) is 0 Å². The van der Waals surface area contributed by atoms with Crippen molar-refractivity contribution < 1.29 is 0 Å². The first kappa shape index (κ1) is 9.03. The average molecular weight is 210 g/mol. The molecule has 0 radical (unpaired) electrons. The van der Waals surface area contributed by atoms with Gasteiger partial charge in [-0.1, -0.05) is 12.1 Å². The van der Waals surface area contributed by atoms with E-state index in [0.717, 1.165) is 22.3 Å². The van der Waals surface area contributed by atoms with Gasteiger partial charge >= 0.3 is 0 Å². The van der Waals surface area contributed by atoms with Gasteiger partial charge in [0.25, 0.3) is 0 Å². The van der Waals surface area contributed by atoms with E-state index in [1.54, 1.807) is 17.2 Å². The van der Waals surface area contributed by atoms with E-state index >= 15 is 0 Å². The highest BCUT2D eigenvalue weighted by Gasteiger charge is 2.03. The van der Waals surface area contributed by atoms with Crippen molar-refractivity contribution in [1.82, 2.24) is 19.7 Å². The van der Waals surface area contributed by atoms with E-state index < -0.39 is 0 Å². The summed E-state index contributed by atoms with van der Waals surface area (Å²) in [6.07, 6.45) is 5.36. The SMILES string of the molecule is Cc1ncn(-c2cccc3cnccc23)n1. The molecule has 4 heteroatoms. The van der Waals surface area contributed by atoms with Crippen molar-refractivity contribution in [2.75, 3.05) is 0 Å². The van der Waals surface area contributed by atoms with Crippen LogP contribution in [0.5, 0.6) is 0 Å². The molecule has 0 aliphatic carbocycles. The summed E-state index contributed by atoms with van der Waals surface area (Å²) in [6.45, 7) is 1.88. The Morgan fingerprint density at radius 2 is 2.12 bits per heavy atom. The Morgan fingerprint density at radius 3 is 2.94 bits per heavy atom. The molecule has 0 unspecified atom stereocenters. The van der Waals surface area contributed by atoms with Gasteiger partial charge in [0.1, 0.15) is 12.2 Å². The fourth-order valence-electron chi connectivity index (χ4n) is 1.77. The van der Waals surface area contributed by atoms with Crippen LogP contribution in [0.2, 0.25) is 0 Å². The molecule has 0 aliphatic heterocycles. The number of benzene rings is 1. The van der Waals surface area contributed by atoms with Gasteiger partial charge in [-0.2, -0.15) is 5.10 Å². The number of pyridine rings is 1. The standard InChI is InChI=1S/C12H10N4/c1-9-14-8-16(15-9)12-4-2-3-10-7-13-6-5-11(10)12/h2-8H,1H3. The minimum Gasteiger partial charge on any atom is -0.264 e. The fourth-order valence-corrected chi connectivity index (χ4v) is 1.77. The predicted molar refractivity (Wildman–Crippen MR) is 61.4 cm³/mol. The van der Waals surface area contributed by atoms with Gasteiger partial charge in [-0.25, -0.2) is 9.67 Å². The summed E-state index contributed by atoms with van der Waals surface area (Å²) in [5.74, 6) is 0.769.